The molecule has 0 aliphatic carbocycles. The number of aromatic nitrogens is 1. The van der Waals surface area contributed by atoms with Gasteiger partial charge < -0.3 is 18.8 Å². The Labute approximate surface area is 176 Å². The third kappa shape index (κ3) is 4.64. The van der Waals surface area contributed by atoms with E-state index in [1.807, 2.05) is 59.5 Å². The maximum absolute atomic E-state index is 12.9. The molecule has 1 aromatic heterocycles. The maximum atomic E-state index is 12.9. The van der Waals surface area contributed by atoms with Crippen molar-refractivity contribution in [3.63, 3.8) is 0 Å². The molecule has 0 radical (unpaired) electrons. The summed E-state index contributed by atoms with van der Waals surface area (Å²) >= 11 is 0. The Bertz CT molecular complexity index is 970. The molecule has 1 saturated heterocycles. The van der Waals surface area contributed by atoms with E-state index in [1.54, 1.807) is 13.3 Å². The first kappa shape index (κ1) is 20.0. The van der Waals surface area contributed by atoms with Gasteiger partial charge in [-0.1, -0.05) is 36.4 Å². The van der Waals surface area contributed by atoms with Crippen LogP contribution in [0.2, 0.25) is 0 Å². The summed E-state index contributed by atoms with van der Waals surface area (Å²) in [6, 6.07) is 17.1. The lowest BCUT2D eigenvalue weighted by Gasteiger charge is -2.33. The second-order valence-corrected chi connectivity index (χ2v) is 7.35. The summed E-state index contributed by atoms with van der Waals surface area (Å²) in [5.41, 5.74) is 1.04. The number of carbonyl (C=O) groups excluding carboxylic acids is 1. The molecule has 6 nitrogen and oxygen atoms in total. The van der Waals surface area contributed by atoms with Gasteiger partial charge in [0.05, 0.1) is 13.3 Å². The largest absolute Gasteiger partial charge is 0.496 e. The van der Waals surface area contributed by atoms with Gasteiger partial charge in [-0.3, -0.25) is 4.79 Å². The first-order valence-corrected chi connectivity index (χ1v) is 10.3. The average molecular weight is 406 g/mol. The van der Waals surface area contributed by atoms with Gasteiger partial charge in [0.25, 0.3) is 5.91 Å². The maximum Gasteiger partial charge on any atom is 0.261 e. The quantitative estimate of drug-likeness (QED) is 0.582. The van der Waals surface area contributed by atoms with E-state index in [0.29, 0.717) is 24.6 Å². The second kappa shape index (κ2) is 9.48. The van der Waals surface area contributed by atoms with Crippen molar-refractivity contribution < 1.29 is 18.7 Å². The molecule has 1 fully saturated rings. The highest BCUT2D eigenvalue weighted by Crippen LogP contribution is 2.31. The van der Waals surface area contributed by atoms with Gasteiger partial charge in [0, 0.05) is 18.5 Å². The first-order chi connectivity index (χ1) is 14.7. The van der Waals surface area contributed by atoms with Gasteiger partial charge in [-0.2, -0.15) is 0 Å². The zero-order chi connectivity index (χ0) is 20.8. The van der Waals surface area contributed by atoms with E-state index < -0.39 is 0 Å². The van der Waals surface area contributed by atoms with Crippen molar-refractivity contribution in [2.45, 2.75) is 31.7 Å². The average Bonchev–Trinajstić information content (AvgIpc) is 3.27. The predicted octanol–water partition coefficient (Wildman–Crippen LogP) is 4.41. The molecule has 0 N–H and O–H groups in total. The monoisotopic (exact) mass is 406 g/mol. The number of rotatable bonds is 7. The Kier molecular flexibility index (Phi) is 6.32. The number of hydrogen-bond donors (Lipinski definition) is 0. The molecule has 0 spiro atoms. The number of hydrogen-bond acceptors (Lipinski definition) is 5. The van der Waals surface area contributed by atoms with Crippen molar-refractivity contribution in [3.8, 4) is 11.5 Å². The van der Waals surface area contributed by atoms with E-state index in [0.717, 1.165) is 36.3 Å². The highest BCUT2D eigenvalue weighted by atomic mass is 16.5. The molecule has 0 saturated carbocycles. The molecule has 6 heteroatoms. The number of piperidine rings is 1. The Hall–Kier alpha value is -3.28. The highest BCUT2D eigenvalue weighted by molar-refractivity contribution is 5.78. The number of likely N-dealkylation sites (tertiary alicyclic amines) is 1. The SMILES string of the molecule is COc1ccccc1Cc1cnc(C2CCCCN2C(=O)COc2ccccc2)o1. The minimum atomic E-state index is -0.156. The number of carbonyl (C=O) groups is 1. The summed E-state index contributed by atoms with van der Waals surface area (Å²) in [6.45, 7) is 0.696. The van der Waals surface area contributed by atoms with Crippen molar-refractivity contribution in [3.05, 3.63) is 78.0 Å². The fourth-order valence-electron chi connectivity index (χ4n) is 3.83. The Morgan fingerprint density at radius 1 is 1.13 bits per heavy atom. The fourth-order valence-corrected chi connectivity index (χ4v) is 3.83. The summed E-state index contributed by atoms with van der Waals surface area (Å²) in [4.78, 5) is 19.2. The second-order valence-electron chi connectivity index (χ2n) is 7.35. The van der Waals surface area contributed by atoms with E-state index in [-0.39, 0.29) is 18.6 Å². The molecule has 1 atom stereocenters. The summed E-state index contributed by atoms with van der Waals surface area (Å²) in [5, 5.41) is 0. The molecule has 156 valence electrons. The fraction of sp³-hybridized carbons (Fsp3) is 0.333. The van der Waals surface area contributed by atoms with Crippen LogP contribution in [0.1, 0.15) is 42.5 Å². The van der Waals surface area contributed by atoms with Gasteiger partial charge in [0.15, 0.2) is 6.61 Å². The lowest BCUT2D eigenvalue weighted by molar-refractivity contribution is -0.137. The van der Waals surface area contributed by atoms with E-state index in [2.05, 4.69) is 4.98 Å². The third-order valence-corrected chi connectivity index (χ3v) is 5.34. The van der Waals surface area contributed by atoms with Crippen LogP contribution >= 0.6 is 0 Å². The lowest BCUT2D eigenvalue weighted by atomic mass is 10.0. The van der Waals surface area contributed by atoms with Crippen molar-refractivity contribution in [2.24, 2.45) is 0 Å². The number of amides is 1. The minimum absolute atomic E-state index is 0.00922. The van der Waals surface area contributed by atoms with Gasteiger partial charge in [-0.25, -0.2) is 4.98 Å². The molecular weight excluding hydrogens is 380 g/mol. The lowest BCUT2D eigenvalue weighted by Crippen LogP contribution is -2.41. The van der Waals surface area contributed by atoms with E-state index in [4.69, 9.17) is 13.9 Å². The zero-order valence-corrected chi connectivity index (χ0v) is 17.1. The van der Waals surface area contributed by atoms with Crippen molar-refractivity contribution >= 4 is 5.91 Å². The van der Waals surface area contributed by atoms with E-state index in [1.165, 1.54) is 0 Å². The van der Waals surface area contributed by atoms with Crippen LogP contribution in [0.4, 0.5) is 0 Å². The predicted molar refractivity (Wildman–Crippen MR) is 113 cm³/mol. The van der Waals surface area contributed by atoms with Gasteiger partial charge >= 0.3 is 0 Å². The summed E-state index contributed by atoms with van der Waals surface area (Å²) < 4.78 is 17.2. The van der Waals surface area contributed by atoms with Crippen LogP contribution in [0, 0.1) is 0 Å². The Morgan fingerprint density at radius 2 is 1.93 bits per heavy atom. The number of benzene rings is 2. The van der Waals surface area contributed by atoms with E-state index >= 15 is 0 Å². The van der Waals surface area contributed by atoms with Gasteiger partial charge in [-0.15, -0.1) is 0 Å². The van der Waals surface area contributed by atoms with Crippen LogP contribution in [-0.4, -0.2) is 36.1 Å². The topological polar surface area (TPSA) is 64.8 Å². The molecule has 30 heavy (non-hydrogen) atoms. The Morgan fingerprint density at radius 3 is 2.77 bits per heavy atom. The summed E-state index contributed by atoms with van der Waals surface area (Å²) in [5.74, 6) is 2.81. The highest BCUT2D eigenvalue weighted by Gasteiger charge is 2.31. The molecule has 1 aliphatic rings. The van der Waals surface area contributed by atoms with Gasteiger partial charge in [0.1, 0.15) is 23.3 Å². The zero-order valence-electron chi connectivity index (χ0n) is 17.1. The van der Waals surface area contributed by atoms with Crippen molar-refractivity contribution in [1.82, 2.24) is 9.88 Å². The summed E-state index contributed by atoms with van der Waals surface area (Å²) in [6.07, 6.45) is 5.19. The first-order valence-electron chi connectivity index (χ1n) is 10.3. The molecule has 1 unspecified atom stereocenters. The molecule has 4 rings (SSSR count). The van der Waals surface area contributed by atoms with Crippen LogP contribution in [-0.2, 0) is 11.2 Å². The molecule has 1 amide bonds. The molecular formula is C24H26N2O4. The number of nitrogens with zero attached hydrogens (tertiary/aromatic N) is 2. The van der Waals surface area contributed by atoms with Gasteiger partial charge in [-0.05, 0) is 37.5 Å². The summed E-state index contributed by atoms with van der Waals surface area (Å²) in [7, 11) is 1.66. The molecule has 1 aliphatic heterocycles. The van der Waals surface area contributed by atoms with Crippen LogP contribution in [0.15, 0.2) is 65.2 Å². The number of methoxy groups -OCH3 is 1. The van der Waals surface area contributed by atoms with Crippen molar-refractivity contribution in [1.29, 1.82) is 0 Å². The molecule has 2 aromatic carbocycles. The molecule has 3 aromatic rings. The standard InChI is InChI=1S/C24H26N2O4/c1-28-22-13-6-5-9-18(22)15-20-16-25-24(30-20)21-12-7-8-14-26(21)23(27)17-29-19-10-3-2-4-11-19/h2-6,9-11,13,16,21H,7-8,12,14-15,17H2,1H3. The smallest absolute Gasteiger partial charge is 0.261 e. The van der Waals surface area contributed by atoms with Crippen molar-refractivity contribution in [2.75, 3.05) is 20.3 Å². The van der Waals surface area contributed by atoms with Crippen LogP contribution < -0.4 is 9.47 Å². The molecule has 2 heterocycles. The normalized spacial score (nSPS) is 16.3. The number of ether oxygens (including phenoxy) is 2. The van der Waals surface area contributed by atoms with E-state index in [9.17, 15) is 4.79 Å². The van der Waals surface area contributed by atoms with Gasteiger partial charge in [0.2, 0.25) is 5.89 Å². The number of para-hydroxylation sites is 2. The minimum Gasteiger partial charge on any atom is -0.496 e. The molecule has 0 bridgehead atoms. The van der Waals surface area contributed by atoms with Crippen LogP contribution in [0.5, 0.6) is 11.5 Å². The van der Waals surface area contributed by atoms with Crippen LogP contribution in [0.3, 0.4) is 0 Å². The van der Waals surface area contributed by atoms with Crippen LogP contribution in [0.25, 0.3) is 0 Å². The third-order valence-electron chi connectivity index (χ3n) is 5.34. The Balaban J connectivity index is 1.44. The number of oxazole rings is 1.